The number of imidazole rings is 1. The van der Waals surface area contributed by atoms with Gasteiger partial charge in [0.15, 0.2) is 0 Å². The number of aromatic nitrogens is 3. The molecule has 0 radical (unpaired) electrons. The molecule has 3 rings (SSSR count). The molecule has 0 spiro atoms. The molecule has 0 saturated carbocycles. The van der Waals surface area contributed by atoms with E-state index in [4.69, 9.17) is 11.6 Å². The fourth-order valence-electron chi connectivity index (χ4n) is 1.98. The molecular formula is C14H7ClF3N3. The van der Waals surface area contributed by atoms with Crippen LogP contribution >= 0.6 is 11.6 Å². The third-order valence-electron chi connectivity index (χ3n) is 2.89. The van der Waals surface area contributed by atoms with E-state index in [0.717, 1.165) is 0 Å². The van der Waals surface area contributed by atoms with Crippen LogP contribution in [0.4, 0.5) is 13.2 Å². The normalized spacial score (nSPS) is 10.9. The quantitative estimate of drug-likeness (QED) is 0.670. The minimum atomic E-state index is -1.00. The number of halogens is 4. The van der Waals surface area contributed by atoms with Crippen molar-refractivity contribution in [2.75, 3.05) is 0 Å². The van der Waals surface area contributed by atoms with Crippen LogP contribution in [0.25, 0.3) is 16.9 Å². The predicted molar refractivity (Wildman–Crippen MR) is 71.7 cm³/mol. The van der Waals surface area contributed by atoms with Crippen molar-refractivity contribution in [1.82, 2.24) is 14.5 Å². The average molecular weight is 310 g/mol. The van der Waals surface area contributed by atoms with Crippen LogP contribution < -0.4 is 0 Å². The summed E-state index contributed by atoms with van der Waals surface area (Å²) in [7, 11) is 0. The lowest BCUT2D eigenvalue weighted by molar-refractivity contribution is 0.547. The lowest BCUT2D eigenvalue weighted by Crippen LogP contribution is -2.00. The van der Waals surface area contributed by atoms with Gasteiger partial charge in [-0.2, -0.15) is 0 Å². The Morgan fingerprint density at radius 1 is 1.00 bits per heavy atom. The van der Waals surface area contributed by atoms with Crippen LogP contribution in [0, 0.1) is 17.5 Å². The molecule has 0 aliphatic rings. The van der Waals surface area contributed by atoms with E-state index in [1.165, 1.54) is 29.4 Å². The van der Waals surface area contributed by atoms with E-state index in [9.17, 15) is 13.2 Å². The molecule has 0 aliphatic carbocycles. The van der Waals surface area contributed by atoms with E-state index in [1.807, 2.05) is 0 Å². The van der Waals surface area contributed by atoms with E-state index in [1.54, 1.807) is 6.07 Å². The minimum absolute atomic E-state index is 0.147. The predicted octanol–water partition coefficient (Wildman–Crippen LogP) is 4.01. The third-order valence-corrected chi connectivity index (χ3v) is 3.12. The Hall–Kier alpha value is -2.34. The van der Waals surface area contributed by atoms with Gasteiger partial charge in [0.25, 0.3) is 0 Å². The molecule has 3 aromatic rings. The lowest BCUT2D eigenvalue weighted by atomic mass is 10.1. The van der Waals surface area contributed by atoms with E-state index < -0.39 is 17.5 Å². The summed E-state index contributed by atoms with van der Waals surface area (Å²) in [6, 6.07) is 4.41. The van der Waals surface area contributed by atoms with Crippen LogP contribution in [0.15, 0.2) is 43.0 Å². The fourth-order valence-corrected chi connectivity index (χ4v) is 2.09. The molecule has 2 heterocycles. The number of hydrogen-bond acceptors (Lipinski definition) is 2. The molecule has 0 aliphatic heterocycles. The van der Waals surface area contributed by atoms with E-state index in [0.29, 0.717) is 23.0 Å². The Kier molecular flexibility index (Phi) is 3.39. The Bertz CT molecular complexity index is 776. The first-order valence-electron chi connectivity index (χ1n) is 5.85. The summed E-state index contributed by atoms with van der Waals surface area (Å²) in [5.41, 5.74) is 0.313. The number of nitrogens with zero attached hydrogens (tertiary/aromatic N) is 3. The summed E-state index contributed by atoms with van der Waals surface area (Å²) < 4.78 is 42.2. The smallest absolute Gasteiger partial charge is 0.138 e. The maximum atomic E-state index is 13.9. The molecule has 0 saturated heterocycles. The molecule has 106 valence electrons. The Labute approximate surface area is 122 Å². The van der Waals surface area contributed by atoms with Crippen LogP contribution in [0.1, 0.15) is 0 Å². The number of benzene rings is 1. The van der Waals surface area contributed by atoms with Crippen LogP contribution in [0.2, 0.25) is 5.15 Å². The Morgan fingerprint density at radius 2 is 1.71 bits per heavy atom. The minimum Gasteiger partial charge on any atom is -0.297 e. The van der Waals surface area contributed by atoms with E-state index in [2.05, 4.69) is 9.97 Å². The van der Waals surface area contributed by atoms with Gasteiger partial charge in [0.05, 0.1) is 35.7 Å². The summed E-state index contributed by atoms with van der Waals surface area (Å²) in [5.74, 6) is -2.99. The molecule has 0 N–H and O–H groups in total. The molecule has 1 aromatic carbocycles. The molecule has 0 unspecified atom stereocenters. The van der Waals surface area contributed by atoms with Gasteiger partial charge in [-0.25, -0.2) is 23.1 Å². The van der Waals surface area contributed by atoms with Gasteiger partial charge in [0.2, 0.25) is 0 Å². The summed E-state index contributed by atoms with van der Waals surface area (Å²) >= 11 is 5.70. The van der Waals surface area contributed by atoms with Crippen molar-refractivity contribution in [3.05, 3.63) is 65.6 Å². The largest absolute Gasteiger partial charge is 0.297 e. The van der Waals surface area contributed by atoms with Gasteiger partial charge in [-0.05, 0) is 12.1 Å². The molecule has 7 heteroatoms. The van der Waals surface area contributed by atoms with Gasteiger partial charge in [-0.15, -0.1) is 0 Å². The van der Waals surface area contributed by atoms with Crippen molar-refractivity contribution in [2.45, 2.75) is 0 Å². The third kappa shape index (κ3) is 2.50. The summed E-state index contributed by atoms with van der Waals surface area (Å²) in [5, 5.41) is 0.291. The van der Waals surface area contributed by atoms with Crippen molar-refractivity contribution in [3.63, 3.8) is 0 Å². The van der Waals surface area contributed by atoms with E-state index >= 15 is 0 Å². The first kappa shape index (κ1) is 13.6. The molecular weight excluding hydrogens is 303 g/mol. The molecule has 0 bridgehead atoms. The highest BCUT2D eigenvalue weighted by atomic mass is 35.5. The van der Waals surface area contributed by atoms with Gasteiger partial charge in [0.1, 0.15) is 22.6 Å². The van der Waals surface area contributed by atoms with Crippen LogP contribution in [0.5, 0.6) is 0 Å². The van der Waals surface area contributed by atoms with Crippen LogP contribution in [0.3, 0.4) is 0 Å². The molecule has 2 aromatic heterocycles. The second-order valence-corrected chi connectivity index (χ2v) is 4.62. The zero-order valence-corrected chi connectivity index (χ0v) is 11.2. The maximum absolute atomic E-state index is 13.9. The van der Waals surface area contributed by atoms with Crippen molar-refractivity contribution in [1.29, 1.82) is 0 Å². The van der Waals surface area contributed by atoms with Gasteiger partial charge >= 0.3 is 0 Å². The topological polar surface area (TPSA) is 30.7 Å². The SMILES string of the molecule is Fc1cc(F)c(-c2cncn2-c2ccc(Cl)nc2)c(F)c1. The standard InChI is InChI=1S/C14H7ClF3N3/c15-13-2-1-9(5-20-13)21-7-19-6-12(21)14-10(17)3-8(16)4-11(14)18/h1-7H. The number of rotatable bonds is 2. The molecule has 21 heavy (non-hydrogen) atoms. The van der Waals surface area contributed by atoms with Gasteiger partial charge in [0, 0.05) is 12.1 Å². The lowest BCUT2D eigenvalue weighted by Gasteiger charge is -2.09. The maximum Gasteiger partial charge on any atom is 0.138 e. The van der Waals surface area contributed by atoms with Gasteiger partial charge in [-0.3, -0.25) is 4.57 Å². The monoisotopic (exact) mass is 309 g/mol. The second-order valence-electron chi connectivity index (χ2n) is 4.23. The summed E-state index contributed by atoms with van der Waals surface area (Å²) in [4.78, 5) is 7.78. The van der Waals surface area contributed by atoms with Crippen molar-refractivity contribution in [2.24, 2.45) is 0 Å². The molecule has 0 atom stereocenters. The summed E-state index contributed by atoms with van der Waals surface area (Å²) in [6.45, 7) is 0. The molecule has 0 amide bonds. The summed E-state index contributed by atoms with van der Waals surface area (Å²) in [6.07, 6.45) is 4.10. The zero-order chi connectivity index (χ0) is 15.0. The Balaban J connectivity index is 2.18. The van der Waals surface area contributed by atoms with Gasteiger partial charge in [-0.1, -0.05) is 11.6 Å². The molecule has 3 nitrogen and oxygen atoms in total. The van der Waals surface area contributed by atoms with Crippen LogP contribution in [-0.4, -0.2) is 14.5 Å². The highest BCUT2D eigenvalue weighted by molar-refractivity contribution is 6.29. The average Bonchev–Trinajstić information content (AvgIpc) is 2.87. The van der Waals surface area contributed by atoms with Gasteiger partial charge < -0.3 is 0 Å². The number of hydrogen-bond donors (Lipinski definition) is 0. The zero-order valence-electron chi connectivity index (χ0n) is 10.4. The first-order valence-corrected chi connectivity index (χ1v) is 6.23. The molecule has 0 fully saturated rings. The van der Waals surface area contributed by atoms with E-state index in [-0.39, 0.29) is 11.3 Å². The number of pyridine rings is 1. The fraction of sp³-hybridized carbons (Fsp3) is 0. The highest BCUT2D eigenvalue weighted by Gasteiger charge is 2.18. The van der Waals surface area contributed by atoms with Crippen molar-refractivity contribution < 1.29 is 13.2 Å². The second kappa shape index (κ2) is 5.21. The Morgan fingerprint density at radius 3 is 2.33 bits per heavy atom. The van der Waals surface area contributed by atoms with Crippen molar-refractivity contribution >= 4 is 11.6 Å². The van der Waals surface area contributed by atoms with Crippen LogP contribution in [-0.2, 0) is 0 Å². The highest BCUT2D eigenvalue weighted by Crippen LogP contribution is 2.28. The first-order chi connectivity index (χ1) is 10.1. The van der Waals surface area contributed by atoms with Crippen molar-refractivity contribution in [3.8, 4) is 16.9 Å².